The van der Waals surface area contributed by atoms with Gasteiger partial charge in [-0.15, -0.1) is 0 Å². The molecule has 0 aliphatic heterocycles. The standard InChI is InChI=1S/C18H26O4/c1-11-8-12(2)17-14(9-11)15(19)10-13(3)18(17,22)7-5-4-6-16(20)21/h4-7,10-12,14-15,17,19,22H,8-9H2,1-3H3,(H,20,21)/b6-4+,7-5+/t11-,12+,14+,15-,17-,18+/m0/s1. The minimum absolute atomic E-state index is 0.0422. The molecule has 2 rings (SSSR count). The lowest BCUT2D eigenvalue weighted by Crippen LogP contribution is -2.53. The van der Waals surface area contributed by atoms with Crippen LogP contribution >= 0.6 is 0 Å². The van der Waals surface area contributed by atoms with Gasteiger partial charge in [-0.2, -0.15) is 0 Å². The Morgan fingerprint density at radius 3 is 2.64 bits per heavy atom. The summed E-state index contributed by atoms with van der Waals surface area (Å²) >= 11 is 0. The van der Waals surface area contributed by atoms with Crippen molar-refractivity contribution >= 4 is 5.97 Å². The Kier molecular flexibility index (Phi) is 4.93. The van der Waals surface area contributed by atoms with Gasteiger partial charge in [0.1, 0.15) is 5.60 Å². The minimum Gasteiger partial charge on any atom is -0.478 e. The number of allylic oxidation sites excluding steroid dienone is 2. The summed E-state index contributed by atoms with van der Waals surface area (Å²) in [4.78, 5) is 10.5. The van der Waals surface area contributed by atoms with E-state index < -0.39 is 17.7 Å². The Balaban J connectivity index is 2.34. The van der Waals surface area contributed by atoms with Crippen molar-refractivity contribution in [3.05, 3.63) is 36.0 Å². The first-order valence-electron chi connectivity index (χ1n) is 7.94. The largest absolute Gasteiger partial charge is 0.478 e. The predicted octanol–water partition coefficient (Wildman–Crippen LogP) is 2.53. The maximum Gasteiger partial charge on any atom is 0.328 e. The van der Waals surface area contributed by atoms with Crippen molar-refractivity contribution < 1.29 is 20.1 Å². The minimum atomic E-state index is -1.12. The molecular weight excluding hydrogens is 280 g/mol. The van der Waals surface area contributed by atoms with Crippen LogP contribution in [0.25, 0.3) is 0 Å². The lowest BCUT2D eigenvalue weighted by atomic mass is 9.56. The second-order valence-electron chi connectivity index (χ2n) is 6.97. The Labute approximate surface area is 131 Å². The summed E-state index contributed by atoms with van der Waals surface area (Å²) < 4.78 is 0. The highest BCUT2D eigenvalue weighted by Gasteiger charge is 2.51. The summed E-state index contributed by atoms with van der Waals surface area (Å²) in [5.74, 6) is -0.178. The molecule has 4 nitrogen and oxygen atoms in total. The molecule has 0 unspecified atom stereocenters. The van der Waals surface area contributed by atoms with Gasteiger partial charge in [-0.3, -0.25) is 0 Å². The molecule has 0 radical (unpaired) electrons. The van der Waals surface area contributed by atoms with Gasteiger partial charge in [0, 0.05) is 12.0 Å². The van der Waals surface area contributed by atoms with Crippen LogP contribution < -0.4 is 0 Å². The van der Waals surface area contributed by atoms with Gasteiger partial charge in [0.15, 0.2) is 0 Å². The lowest BCUT2D eigenvalue weighted by Gasteiger charge is -2.51. The van der Waals surface area contributed by atoms with Gasteiger partial charge in [0.2, 0.25) is 0 Å². The van der Waals surface area contributed by atoms with E-state index in [1.807, 2.05) is 6.92 Å². The summed E-state index contributed by atoms with van der Waals surface area (Å²) in [7, 11) is 0. The average molecular weight is 306 g/mol. The van der Waals surface area contributed by atoms with E-state index in [1.54, 1.807) is 18.2 Å². The smallest absolute Gasteiger partial charge is 0.328 e. The van der Waals surface area contributed by atoms with E-state index in [9.17, 15) is 15.0 Å². The van der Waals surface area contributed by atoms with E-state index in [1.165, 1.54) is 6.08 Å². The highest BCUT2D eigenvalue weighted by atomic mass is 16.4. The molecule has 1 fully saturated rings. The van der Waals surface area contributed by atoms with Crippen molar-refractivity contribution in [2.45, 2.75) is 45.3 Å². The summed E-state index contributed by atoms with van der Waals surface area (Å²) in [5, 5.41) is 30.2. The fourth-order valence-electron chi connectivity index (χ4n) is 4.38. The van der Waals surface area contributed by atoms with Crippen LogP contribution in [0.1, 0.15) is 33.6 Å². The van der Waals surface area contributed by atoms with Crippen LogP contribution in [0.15, 0.2) is 36.0 Å². The topological polar surface area (TPSA) is 77.8 Å². The molecule has 0 amide bonds. The summed E-state index contributed by atoms with van der Waals surface area (Å²) in [6.45, 7) is 6.15. The number of carboxylic acids is 1. The Bertz CT molecular complexity index is 519. The first kappa shape index (κ1) is 17.0. The first-order valence-corrected chi connectivity index (χ1v) is 7.94. The average Bonchev–Trinajstić information content (AvgIpc) is 2.40. The summed E-state index contributed by atoms with van der Waals surface area (Å²) in [5.41, 5.74) is -0.380. The lowest BCUT2D eigenvalue weighted by molar-refractivity contribution is -0.131. The fourth-order valence-corrected chi connectivity index (χ4v) is 4.38. The van der Waals surface area contributed by atoms with E-state index in [2.05, 4.69) is 13.8 Å². The molecule has 4 heteroatoms. The normalized spacial score (nSPS) is 42.4. The zero-order chi connectivity index (χ0) is 16.5. The highest BCUT2D eigenvalue weighted by molar-refractivity contribution is 5.80. The SMILES string of the molecule is CC1=C[C@H](O)[C@H]2C[C@@H](C)C[C@@H](C)[C@@H]2[C@@]1(O)/C=C/C=C/C(=O)O. The van der Waals surface area contributed by atoms with Gasteiger partial charge in [0.25, 0.3) is 0 Å². The van der Waals surface area contributed by atoms with E-state index in [0.717, 1.165) is 24.5 Å². The molecule has 0 aromatic rings. The molecule has 22 heavy (non-hydrogen) atoms. The second-order valence-corrected chi connectivity index (χ2v) is 6.97. The van der Waals surface area contributed by atoms with Gasteiger partial charge in [-0.25, -0.2) is 4.79 Å². The zero-order valence-corrected chi connectivity index (χ0v) is 13.4. The number of carboxylic acid groups (broad SMARTS) is 1. The summed E-state index contributed by atoms with van der Waals surface area (Å²) in [6.07, 6.45) is 8.89. The molecule has 1 saturated carbocycles. The molecule has 0 spiro atoms. The van der Waals surface area contributed by atoms with Crippen LogP contribution in [0.2, 0.25) is 0 Å². The highest BCUT2D eigenvalue weighted by Crippen LogP contribution is 2.50. The molecule has 122 valence electrons. The number of carbonyl (C=O) groups is 1. The molecule has 0 aromatic heterocycles. The number of hydrogen-bond acceptors (Lipinski definition) is 3. The van der Waals surface area contributed by atoms with Crippen LogP contribution in [0.4, 0.5) is 0 Å². The fraction of sp³-hybridized carbons (Fsp3) is 0.611. The monoisotopic (exact) mass is 306 g/mol. The van der Waals surface area contributed by atoms with Crippen molar-refractivity contribution in [2.75, 3.05) is 0 Å². The Morgan fingerprint density at radius 1 is 1.32 bits per heavy atom. The van der Waals surface area contributed by atoms with Crippen LogP contribution in [0, 0.1) is 23.7 Å². The number of aliphatic hydroxyl groups excluding tert-OH is 1. The first-order chi connectivity index (χ1) is 10.3. The van der Waals surface area contributed by atoms with Gasteiger partial charge in [0.05, 0.1) is 6.10 Å². The molecule has 3 N–H and O–H groups in total. The van der Waals surface area contributed by atoms with Gasteiger partial charge in [-0.1, -0.05) is 32.1 Å². The van der Waals surface area contributed by atoms with E-state index in [0.29, 0.717) is 11.8 Å². The van der Waals surface area contributed by atoms with Gasteiger partial charge >= 0.3 is 5.97 Å². The molecule has 6 atom stereocenters. The Hall–Kier alpha value is -1.39. The molecular formula is C18H26O4. The molecule has 0 saturated heterocycles. The molecule has 2 aliphatic carbocycles. The van der Waals surface area contributed by atoms with Gasteiger partial charge in [-0.05, 0) is 49.2 Å². The van der Waals surface area contributed by atoms with Crippen molar-refractivity contribution in [1.82, 2.24) is 0 Å². The maximum atomic E-state index is 11.2. The zero-order valence-electron chi connectivity index (χ0n) is 13.4. The van der Waals surface area contributed by atoms with E-state index in [4.69, 9.17) is 5.11 Å². The van der Waals surface area contributed by atoms with Crippen LogP contribution in [-0.2, 0) is 4.79 Å². The predicted molar refractivity (Wildman–Crippen MR) is 85.2 cm³/mol. The van der Waals surface area contributed by atoms with Crippen LogP contribution in [-0.4, -0.2) is 33.0 Å². The van der Waals surface area contributed by atoms with Crippen LogP contribution in [0.3, 0.4) is 0 Å². The van der Waals surface area contributed by atoms with Crippen molar-refractivity contribution in [3.63, 3.8) is 0 Å². The van der Waals surface area contributed by atoms with Crippen molar-refractivity contribution in [3.8, 4) is 0 Å². The number of fused-ring (bicyclic) bond motifs is 1. The van der Waals surface area contributed by atoms with E-state index >= 15 is 0 Å². The Morgan fingerprint density at radius 2 is 2.00 bits per heavy atom. The molecule has 0 bridgehead atoms. The third-order valence-electron chi connectivity index (χ3n) is 5.22. The molecule has 0 heterocycles. The quantitative estimate of drug-likeness (QED) is 0.425. The second kappa shape index (κ2) is 6.39. The number of hydrogen-bond donors (Lipinski definition) is 3. The third-order valence-corrected chi connectivity index (χ3v) is 5.22. The molecule has 0 aromatic carbocycles. The van der Waals surface area contributed by atoms with Gasteiger partial charge < -0.3 is 15.3 Å². The maximum absolute atomic E-state index is 11.2. The number of rotatable bonds is 3. The van der Waals surface area contributed by atoms with E-state index in [-0.39, 0.29) is 11.8 Å². The number of aliphatic hydroxyl groups is 2. The van der Waals surface area contributed by atoms with Crippen LogP contribution in [0.5, 0.6) is 0 Å². The third kappa shape index (κ3) is 3.18. The van der Waals surface area contributed by atoms with Crippen molar-refractivity contribution in [1.29, 1.82) is 0 Å². The number of aliphatic carboxylic acids is 1. The summed E-state index contributed by atoms with van der Waals surface area (Å²) in [6, 6.07) is 0. The molecule has 2 aliphatic rings. The van der Waals surface area contributed by atoms with Crippen molar-refractivity contribution in [2.24, 2.45) is 23.7 Å².